The van der Waals surface area contributed by atoms with Crippen LogP contribution in [0, 0.1) is 0 Å². The molecule has 1 aliphatic rings. The van der Waals surface area contributed by atoms with Crippen LogP contribution in [0.3, 0.4) is 0 Å². The summed E-state index contributed by atoms with van der Waals surface area (Å²) in [6.45, 7) is 0.918. The molecule has 0 atom stereocenters. The van der Waals surface area contributed by atoms with E-state index >= 15 is 0 Å². The topological polar surface area (TPSA) is 34.9 Å². The Bertz CT molecular complexity index is 513. The minimum atomic E-state index is 0.562. The van der Waals surface area contributed by atoms with Crippen molar-refractivity contribution in [3.63, 3.8) is 0 Å². The monoisotopic (exact) mass is 186 g/mol. The largest absolute Gasteiger partial charge is 0.322 e. The second-order valence-electron chi connectivity index (χ2n) is 3.63. The minimum absolute atomic E-state index is 0.562. The molecule has 0 spiro atoms. The number of nitrogens with zero attached hydrogens (tertiary/aromatic N) is 2. The molecule has 3 nitrogen and oxygen atoms in total. The number of carbonyl (C=O) groups is 1. The molecule has 3 rings (SSSR count). The number of aromatic nitrogens is 2. The lowest BCUT2D eigenvalue weighted by molar-refractivity contribution is 0.111. The molecule has 0 aliphatic carbocycles. The van der Waals surface area contributed by atoms with Crippen LogP contribution in [0.1, 0.15) is 22.6 Å². The number of para-hydroxylation sites is 1. The minimum Gasteiger partial charge on any atom is -0.322 e. The molecular weight excluding hydrogens is 176 g/mol. The molecule has 0 unspecified atom stereocenters. The van der Waals surface area contributed by atoms with Crippen LogP contribution in [-0.2, 0) is 13.0 Å². The molecule has 2 heterocycles. The fourth-order valence-corrected chi connectivity index (χ4v) is 2.22. The Balaban J connectivity index is 2.47. The van der Waals surface area contributed by atoms with Crippen LogP contribution in [0.15, 0.2) is 18.2 Å². The number of imidazole rings is 1. The van der Waals surface area contributed by atoms with E-state index in [1.165, 1.54) is 5.56 Å². The fraction of sp³-hybridized carbons (Fsp3) is 0.273. The number of hydrogen-bond donors (Lipinski definition) is 0. The Labute approximate surface area is 81.4 Å². The third-order valence-corrected chi connectivity index (χ3v) is 2.81. The highest BCUT2D eigenvalue weighted by molar-refractivity contribution is 5.85. The average Bonchev–Trinajstić information content (AvgIpc) is 2.60. The zero-order valence-corrected chi connectivity index (χ0v) is 7.73. The Morgan fingerprint density at radius 1 is 1.43 bits per heavy atom. The van der Waals surface area contributed by atoms with Crippen LogP contribution in [0.2, 0.25) is 0 Å². The third kappa shape index (κ3) is 0.867. The summed E-state index contributed by atoms with van der Waals surface area (Å²) in [5.74, 6) is 0.562. The molecular formula is C11H10N2O. The van der Waals surface area contributed by atoms with Gasteiger partial charge in [-0.25, -0.2) is 4.98 Å². The van der Waals surface area contributed by atoms with E-state index < -0.39 is 0 Å². The Morgan fingerprint density at radius 3 is 3.21 bits per heavy atom. The summed E-state index contributed by atoms with van der Waals surface area (Å²) in [6, 6.07) is 6.09. The summed E-state index contributed by atoms with van der Waals surface area (Å²) < 4.78 is 2.03. The standard InChI is InChI=1S/C11H10N2O/c14-7-10-12-9-5-1-3-8-4-2-6-13(10)11(8)9/h1,3,5,7H,2,4,6H2. The highest BCUT2D eigenvalue weighted by Crippen LogP contribution is 2.25. The normalized spacial score (nSPS) is 14.6. The third-order valence-electron chi connectivity index (χ3n) is 2.81. The molecule has 70 valence electrons. The summed E-state index contributed by atoms with van der Waals surface area (Å²) >= 11 is 0. The van der Waals surface area contributed by atoms with Crippen molar-refractivity contribution in [2.24, 2.45) is 0 Å². The smallest absolute Gasteiger partial charge is 0.185 e. The van der Waals surface area contributed by atoms with Gasteiger partial charge in [-0.15, -0.1) is 0 Å². The molecule has 14 heavy (non-hydrogen) atoms. The number of aryl methyl sites for hydroxylation is 2. The predicted molar refractivity (Wildman–Crippen MR) is 53.4 cm³/mol. The first-order valence-corrected chi connectivity index (χ1v) is 4.83. The summed E-state index contributed by atoms with van der Waals surface area (Å²) in [5.41, 5.74) is 3.42. The first-order valence-electron chi connectivity index (χ1n) is 4.83. The van der Waals surface area contributed by atoms with Gasteiger partial charge < -0.3 is 4.57 Å². The van der Waals surface area contributed by atoms with E-state index in [-0.39, 0.29) is 0 Å². The van der Waals surface area contributed by atoms with Crippen LogP contribution >= 0.6 is 0 Å². The van der Waals surface area contributed by atoms with Gasteiger partial charge in [0.05, 0.1) is 11.0 Å². The lowest BCUT2D eigenvalue weighted by atomic mass is 10.0. The van der Waals surface area contributed by atoms with Crippen molar-refractivity contribution >= 4 is 17.3 Å². The van der Waals surface area contributed by atoms with Gasteiger partial charge in [-0.2, -0.15) is 0 Å². The van der Waals surface area contributed by atoms with E-state index in [1.54, 1.807) is 0 Å². The molecule has 1 aromatic carbocycles. The van der Waals surface area contributed by atoms with Crippen molar-refractivity contribution in [3.05, 3.63) is 29.6 Å². The fourth-order valence-electron chi connectivity index (χ4n) is 2.22. The van der Waals surface area contributed by atoms with Crippen molar-refractivity contribution in [2.45, 2.75) is 19.4 Å². The summed E-state index contributed by atoms with van der Waals surface area (Å²) in [4.78, 5) is 15.1. The number of hydrogen-bond acceptors (Lipinski definition) is 2. The Kier molecular flexibility index (Phi) is 1.48. The lowest BCUT2D eigenvalue weighted by Crippen LogP contribution is -2.09. The van der Waals surface area contributed by atoms with Crippen molar-refractivity contribution in [1.29, 1.82) is 0 Å². The maximum atomic E-state index is 10.8. The van der Waals surface area contributed by atoms with Crippen LogP contribution in [0.25, 0.3) is 11.0 Å². The highest BCUT2D eigenvalue weighted by atomic mass is 16.1. The van der Waals surface area contributed by atoms with Crippen LogP contribution in [0.4, 0.5) is 0 Å². The average molecular weight is 186 g/mol. The van der Waals surface area contributed by atoms with Crippen molar-refractivity contribution < 1.29 is 4.79 Å². The van der Waals surface area contributed by atoms with E-state index in [0.29, 0.717) is 5.82 Å². The zero-order valence-electron chi connectivity index (χ0n) is 7.73. The van der Waals surface area contributed by atoms with Gasteiger partial charge in [-0.05, 0) is 24.5 Å². The number of carbonyl (C=O) groups excluding carboxylic acids is 1. The van der Waals surface area contributed by atoms with E-state index in [2.05, 4.69) is 11.1 Å². The van der Waals surface area contributed by atoms with E-state index in [4.69, 9.17) is 0 Å². The number of rotatable bonds is 1. The first kappa shape index (κ1) is 7.74. The predicted octanol–water partition coefficient (Wildman–Crippen LogP) is 1.79. The van der Waals surface area contributed by atoms with E-state index in [1.807, 2.05) is 16.7 Å². The second kappa shape index (κ2) is 2.67. The Hall–Kier alpha value is -1.64. The van der Waals surface area contributed by atoms with Crippen LogP contribution in [0.5, 0.6) is 0 Å². The molecule has 3 heteroatoms. The van der Waals surface area contributed by atoms with Crippen molar-refractivity contribution in [3.8, 4) is 0 Å². The van der Waals surface area contributed by atoms with Gasteiger partial charge in [0.1, 0.15) is 0 Å². The van der Waals surface area contributed by atoms with Gasteiger partial charge in [-0.1, -0.05) is 12.1 Å². The quantitative estimate of drug-likeness (QED) is 0.636. The molecule has 0 radical (unpaired) electrons. The van der Waals surface area contributed by atoms with E-state index in [0.717, 1.165) is 36.7 Å². The van der Waals surface area contributed by atoms with Crippen molar-refractivity contribution in [1.82, 2.24) is 9.55 Å². The van der Waals surface area contributed by atoms with Gasteiger partial charge in [0.2, 0.25) is 0 Å². The summed E-state index contributed by atoms with van der Waals surface area (Å²) in [6.07, 6.45) is 3.04. The maximum Gasteiger partial charge on any atom is 0.185 e. The second-order valence-corrected chi connectivity index (χ2v) is 3.63. The van der Waals surface area contributed by atoms with E-state index in [9.17, 15) is 4.79 Å². The van der Waals surface area contributed by atoms with Crippen LogP contribution in [-0.4, -0.2) is 15.8 Å². The molecule has 0 bridgehead atoms. The maximum absolute atomic E-state index is 10.8. The zero-order chi connectivity index (χ0) is 9.54. The Morgan fingerprint density at radius 2 is 2.36 bits per heavy atom. The summed E-state index contributed by atoms with van der Waals surface area (Å²) in [5, 5.41) is 0. The van der Waals surface area contributed by atoms with Crippen LogP contribution < -0.4 is 0 Å². The van der Waals surface area contributed by atoms with Gasteiger partial charge in [-0.3, -0.25) is 4.79 Å². The summed E-state index contributed by atoms with van der Waals surface area (Å²) in [7, 11) is 0. The molecule has 1 aliphatic heterocycles. The molecule has 0 saturated carbocycles. The van der Waals surface area contributed by atoms with Crippen molar-refractivity contribution in [2.75, 3.05) is 0 Å². The molecule has 1 aromatic heterocycles. The first-order chi connectivity index (χ1) is 6.90. The van der Waals surface area contributed by atoms with Gasteiger partial charge in [0.25, 0.3) is 0 Å². The molecule has 0 amide bonds. The number of aldehydes is 1. The van der Waals surface area contributed by atoms with Gasteiger partial charge >= 0.3 is 0 Å². The molecule has 0 saturated heterocycles. The molecule has 0 N–H and O–H groups in total. The van der Waals surface area contributed by atoms with Gasteiger partial charge in [0.15, 0.2) is 12.1 Å². The molecule has 2 aromatic rings. The number of benzene rings is 1. The molecule has 0 fully saturated rings. The SMILES string of the molecule is O=Cc1nc2cccc3c2n1CCC3. The lowest BCUT2D eigenvalue weighted by Gasteiger charge is -2.14. The highest BCUT2D eigenvalue weighted by Gasteiger charge is 2.16. The van der Waals surface area contributed by atoms with Gasteiger partial charge in [0, 0.05) is 6.54 Å².